The third kappa shape index (κ3) is 4.63. The molecule has 3 heterocycles. The standard InChI is InChI=1S/C17H24F3N5O/c1-24-6-2-3-12(10-24)16(26)25-7-4-13(5-8-25)23-15-9-14(17(18,19)20)21-11-22-15/h9,11-13H,2-8,10H2,1H3,(H,21,22,23). The van der Waals surface area contributed by atoms with Crippen LogP contribution in [0.25, 0.3) is 0 Å². The van der Waals surface area contributed by atoms with Crippen LogP contribution >= 0.6 is 0 Å². The number of aromatic nitrogens is 2. The van der Waals surface area contributed by atoms with Crippen molar-refractivity contribution >= 4 is 11.7 Å². The van der Waals surface area contributed by atoms with Crippen molar-refractivity contribution in [3.63, 3.8) is 0 Å². The largest absolute Gasteiger partial charge is 0.433 e. The average molecular weight is 371 g/mol. The molecule has 26 heavy (non-hydrogen) atoms. The molecule has 2 fully saturated rings. The summed E-state index contributed by atoms with van der Waals surface area (Å²) < 4.78 is 38.2. The number of nitrogens with one attached hydrogen (secondary N) is 1. The first-order chi connectivity index (χ1) is 12.3. The molecule has 9 heteroatoms. The van der Waals surface area contributed by atoms with E-state index in [4.69, 9.17) is 0 Å². The lowest BCUT2D eigenvalue weighted by molar-refractivity contribution is -0.141. The van der Waals surface area contributed by atoms with Gasteiger partial charge in [0.25, 0.3) is 0 Å². The Morgan fingerprint density at radius 1 is 1.19 bits per heavy atom. The fourth-order valence-electron chi connectivity index (χ4n) is 3.67. The zero-order chi connectivity index (χ0) is 18.7. The number of amides is 1. The monoisotopic (exact) mass is 371 g/mol. The van der Waals surface area contributed by atoms with Crippen molar-refractivity contribution in [3.05, 3.63) is 18.1 Å². The van der Waals surface area contributed by atoms with E-state index in [0.717, 1.165) is 38.3 Å². The lowest BCUT2D eigenvalue weighted by Crippen LogP contribution is -2.48. The van der Waals surface area contributed by atoms with Gasteiger partial charge in [-0.05, 0) is 39.3 Å². The van der Waals surface area contributed by atoms with Crippen LogP contribution in [-0.2, 0) is 11.0 Å². The van der Waals surface area contributed by atoms with Crippen molar-refractivity contribution in [2.75, 3.05) is 38.5 Å². The topological polar surface area (TPSA) is 61.4 Å². The Morgan fingerprint density at radius 3 is 2.58 bits per heavy atom. The van der Waals surface area contributed by atoms with Gasteiger partial charge < -0.3 is 15.1 Å². The molecule has 1 N–H and O–H groups in total. The van der Waals surface area contributed by atoms with Gasteiger partial charge in [-0.15, -0.1) is 0 Å². The molecule has 1 atom stereocenters. The molecular weight excluding hydrogens is 347 g/mol. The smallest absolute Gasteiger partial charge is 0.367 e. The second kappa shape index (κ2) is 7.77. The van der Waals surface area contributed by atoms with E-state index < -0.39 is 11.9 Å². The van der Waals surface area contributed by atoms with E-state index in [0.29, 0.717) is 25.9 Å². The lowest BCUT2D eigenvalue weighted by Gasteiger charge is -2.37. The van der Waals surface area contributed by atoms with Gasteiger partial charge in [0.05, 0.1) is 5.92 Å². The van der Waals surface area contributed by atoms with Crippen LogP contribution in [0.1, 0.15) is 31.4 Å². The number of halogens is 3. The minimum absolute atomic E-state index is 0.00376. The second-order valence-electron chi connectivity index (χ2n) is 7.13. The number of likely N-dealkylation sites (tertiary alicyclic amines) is 2. The Bertz CT molecular complexity index is 631. The summed E-state index contributed by atoms with van der Waals surface area (Å²) in [7, 11) is 2.03. The van der Waals surface area contributed by atoms with Gasteiger partial charge >= 0.3 is 6.18 Å². The van der Waals surface area contributed by atoms with E-state index in [1.807, 2.05) is 11.9 Å². The first-order valence-corrected chi connectivity index (χ1v) is 8.96. The van der Waals surface area contributed by atoms with Crippen LogP contribution in [0.4, 0.5) is 19.0 Å². The molecule has 2 aliphatic rings. The van der Waals surface area contributed by atoms with E-state index in [1.54, 1.807) is 0 Å². The summed E-state index contributed by atoms with van der Waals surface area (Å²) in [6, 6.07) is 0.930. The molecule has 6 nitrogen and oxygen atoms in total. The normalized spacial score (nSPS) is 23.1. The maximum atomic E-state index is 12.7. The highest BCUT2D eigenvalue weighted by Crippen LogP contribution is 2.28. The zero-order valence-electron chi connectivity index (χ0n) is 14.8. The van der Waals surface area contributed by atoms with Crippen LogP contribution in [0.2, 0.25) is 0 Å². The van der Waals surface area contributed by atoms with Crippen molar-refractivity contribution in [2.45, 2.75) is 37.9 Å². The number of carbonyl (C=O) groups is 1. The molecule has 3 rings (SSSR count). The molecule has 144 valence electrons. The number of hydrogen-bond donors (Lipinski definition) is 1. The van der Waals surface area contributed by atoms with Crippen molar-refractivity contribution in [1.29, 1.82) is 0 Å². The summed E-state index contributed by atoms with van der Waals surface area (Å²) in [6.45, 7) is 3.08. The molecule has 1 aromatic heterocycles. The van der Waals surface area contributed by atoms with E-state index in [2.05, 4.69) is 20.2 Å². The van der Waals surface area contributed by atoms with Crippen LogP contribution in [0.15, 0.2) is 12.4 Å². The third-order valence-electron chi connectivity index (χ3n) is 5.09. The van der Waals surface area contributed by atoms with Gasteiger partial charge in [0, 0.05) is 31.7 Å². The summed E-state index contributed by atoms with van der Waals surface area (Å²) in [4.78, 5) is 23.9. The maximum absolute atomic E-state index is 12.7. The molecule has 0 saturated carbocycles. The molecule has 1 aromatic rings. The summed E-state index contributed by atoms with van der Waals surface area (Å²) in [6.07, 6.45) is -0.201. The number of piperidine rings is 2. The molecule has 1 unspecified atom stereocenters. The highest BCUT2D eigenvalue weighted by atomic mass is 19.4. The highest BCUT2D eigenvalue weighted by Gasteiger charge is 2.33. The van der Waals surface area contributed by atoms with Crippen LogP contribution in [0.5, 0.6) is 0 Å². The Morgan fingerprint density at radius 2 is 1.92 bits per heavy atom. The molecular formula is C17H24F3N5O. The van der Waals surface area contributed by atoms with E-state index in [1.165, 1.54) is 0 Å². The first kappa shape index (κ1) is 18.9. The Labute approximate surface area is 150 Å². The van der Waals surface area contributed by atoms with Gasteiger partial charge in [-0.3, -0.25) is 4.79 Å². The number of anilines is 1. The molecule has 1 amide bonds. The molecule has 0 aromatic carbocycles. The number of rotatable bonds is 3. The number of hydrogen-bond acceptors (Lipinski definition) is 5. The Balaban J connectivity index is 1.52. The third-order valence-corrected chi connectivity index (χ3v) is 5.09. The SMILES string of the molecule is CN1CCCC(C(=O)N2CCC(Nc3cc(C(F)(F)F)ncn3)CC2)C1. The lowest BCUT2D eigenvalue weighted by atomic mass is 9.95. The Kier molecular flexibility index (Phi) is 5.64. The van der Waals surface area contributed by atoms with Crippen molar-refractivity contribution in [3.8, 4) is 0 Å². The number of alkyl halides is 3. The Hall–Kier alpha value is -1.90. The average Bonchev–Trinajstić information content (AvgIpc) is 2.61. The fourth-order valence-corrected chi connectivity index (χ4v) is 3.67. The van der Waals surface area contributed by atoms with Crippen molar-refractivity contribution < 1.29 is 18.0 Å². The van der Waals surface area contributed by atoms with E-state index in [9.17, 15) is 18.0 Å². The van der Waals surface area contributed by atoms with Crippen molar-refractivity contribution in [1.82, 2.24) is 19.8 Å². The summed E-state index contributed by atoms with van der Waals surface area (Å²) in [5.41, 5.74) is -0.955. The van der Waals surface area contributed by atoms with Crippen LogP contribution in [0.3, 0.4) is 0 Å². The first-order valence-electron chi connectivity index (χ1n) is 8.96. The van der Waals surface area contributed by atoms with Gasteiger partial charge in [0.15, 0.2) is 0 Å². The molecule has 0 aliphatic carbocycles. The van der Waals surface area contributed by atoms with Crippen LogP contribution < -0.4 is 5.32 Å². The van der Waals surface area contributed by atoms with Gasteiger partial charge in [-0.1, -0.05) is 0 Å². The predicted molar refractivity (Wildman–Crippen MR) is 90.5 cm³/mol. The van der Waals surface area contributed by atoms with E-state index >= 15 is 0 Å². The highest BCUT2D eigenvalue weighted by molar-refractivity contribution is 5.79. The summed E-state index contributed by atoms with van der Waals surface area (Å²) in [5, 5.41) is 3.04. The summed E-state index contributed by atoms with van der Waals surface area (Å²) in [5.74, 6) is 0.442. The fraction of sp³-hybridized carbons (Fsp3) is 0.706. The van der Waals surface area contributed by atoms with Crippen LogP contribution in [-0.4, -0.2) is 64.9 Å². The maximum Gasteiger partial charge on any atom is 0.433 e. The molecule has 0 bridgehead atoms. The van der Waals surface area contributed by atoms with Gasteiger partial charge in [-0.25, -0.2) is 9.97 Å². The van der Waals surface area contributed by atoms with Gasteiger partial charge in [-0.2, -0.15) is 13.2 Å². The van der Waals surface area contributed by atoms with Gasteiger partial charge in [0.1, 0.15) is 17.8 Å². The number of nitrogens with zero attached hydrogens (tertiary/aromatic N) is 4. The molecule has 0 radical (unpaired) electrons. The molecule has 0 spiro atoms. The van der Waals surface area contributed by atoms with Crippen LogP contribution in [0, 0.1) is 5.92 Å². The molecule has 2 aliphatic heterocycles. The number of carbonyl (C=O) groups excluding carboxylic acids is 1. The summed E-state index contributed by atoms with van der Waals surface area (Å²) >= 11 is 0. The quantitative estimate of drug-likeness (QED) is 0.883. The van der Waals surface area contributed by atoms with Gasteiger partial charge in [0.2, 0.25) is 5.91 Å². The zero-order valence-corrected chi connectivity index (χ0v) is 14.8. The van der Waals surface area contributed by atoms with E-state index in [-0.39, 0.29) is 23.7 Å². The van der Waals surface area contributed by atoms with Crippen molar-refractivity contribution in [2.24, 2.45) is 5.92 Å². The minimum atomic E-state index is -4.48. The predicted octanol–water partition coefficient (Wildman–Crippen LogP) is 2.24. The second-order valence-corrected chi connectivity index (χ2v) is 7.13. The molecule has 2 saturated heterocycles. The minimum Gasteiger partial charge on any atom is -0.367 e.